The first kappa shape index (κ1) is 14.5. The minimum absolute atomic E-state index is 0.0926. The van der Waals surface area contributed by atoms with Gasteiger partial charge in [0.05, 0.1) is 0 Å². The van der Waals surface area contributed by atoms with E-state index in [0.717, 1.165) is 0 Å². The van der Waals surface area contributed by atoms with Crippen LogP contribution in [0.2, 0.25) is 0 Å². The molecule has 0 saturated carbocycles. The lowest BCUT2D eigenvalue weighted by atomic mass is 10.2. The number of nitrogens with one attached hydrogen (secondary N) is 1. The molecule has 0 aromatic heterocycles. The number of benzene rings is 1. The van der Waals surface area contributed by atoms with E-state index in [-0.39, 0.29) is 5.91 Å². The van der Waals surface area contributed by atoms with Crippen molar-refractivity contribution in [2.24, 2.45) is 0 Å². The van der Waals surface area contributed by atoms with Gasteiger partial charge in [0.25, 0.3) is 5.91 Å². The van der Waals surface area contributed by atoms with Crippen LogP contribution >= 0.6 is 0 Å². The van der Waals surface area contributed by atoms with Gasteiger partial charge in [-0.1, -0.05) is 6.92 Å². The van der Waals surface area contributed by atoms with E-state index in [2.05, 4.69) is 17.1 Å². The van der Waals surface area contributed by atoms with E-state index in [1.165, 1.54) is 32.5 Å². The summed E-state index contributed by atoms with van der Waals surface area (Å²) in [5.41, 5.74) is 6.73. The Morgan fingerprint density at radius 1 is 1.28 bits per heavy atom. The molecule has 1 fully saturated rings. The second kappa shape index (κ2) is 7.71. The predicted molar refractivity (Wildman–Crippen MR) is 75.6 cm³/mol. The van der Waals surface area contributed by atoms with E-state index in [1.54, 1.807) is 31.3 Å². The summed E-state index contributed by atoms with van der Waals surface area (Å²) < 4.78 is 0. The van der Waals surface area contributed by atoms with Crippen LogP contribution in [0.5, 0.6) is 0 Å². The van der Waals surface area contributed by atoms with Crippen molar-refractivity contribution in [2.45, 2.75) is 19.8 Å². The number of rotatable bonds is 2. The number of carbonyl (C=O) groups is 1. The van der Waals surface area contributed by atoms with Crippen molar-refractivity contribution in [1.82, 2.24) is 10.2 Å². The summed E-state index contributed by atoms with van der Waals surface area (Å²) in [6.45, 7) is 6.16. The zero-order valence-electron chi connectivity index (χ0n) is 11.3. The lowest BCUT2D eigenvalue weighted by Crippen LogP contribution is -2.17. The third-order valence-electron chi connectivity index (χ3n) is 3.05. The Morgan fingerprint density at radius 2 is 1.83 bits per heavy atom. The molecule has 1 aliphatic heterocycles. The molecule has 0 spiro atoms. The Kier molecular flexibility index (Phi) is 6.22. The van der Waals surface area contributed by atoms with Crippen LogP contribution in [-0.2, 0) is 0 Å². The van der Waals surface area contributed by atoms with Crippen molar-refractivity contribution in [1.29, 1.82) is 0 Å². The SMILES string of the molecule is CCN1CCCC1.CNC(=O)c1ccc(N)cc1. The second-order valence-corrected chi connectivity index (χ2v) is 4.34. The number of nitrogen functional groups attached to an aromatic ring is 1. The number of likely N-dealkylation sites (tertiary alicyclic amines) is 1. The molecular weight excluding hydrogens is 226 g/mol. The van der Waals surface area contributed by atoms with Crippen molar-refractivity contribution < 1.29 is 4.79 Å². The molecule has 0 aliphatic carbocycles. The number of anilines is 1. The molecule has 3 N–H and O–H groups in total. The molecule has 18 heavy (non-hydrogen) atoms. The fourth-order valence-corrected chi connectivity index (χ4v) is 1.88. The van der Waals surface area contributed by atoms with Gasteiger partial charge >= 0.3 is 0 Å². The summed E-state index contributed by atoms with van der Waals surface area (Å²) >= 11 is 0. The second-order valence-electron chi connectivity index (χ2n) is 4.34. The van der Waals surface area contributed by atoms with Crippen molar-refractivity contribution in [3.63, 3.8) is 0 Å². The number of hydrogen-bond acceptors (Lipinski definition) is 3. The van der Waals surface area contributed by atoms with Crippen LogP contribution in [0.15, 0.2) is 24.3 Å². The molecule has 0 radical (unpaired) electrons. The largest absolute Gasteiger partial charge is 0.399 e. The van der Waals surface area contributed by atoms with Crippen LogP contribution in [0.3, 0.4) is 0 Å². The number of hydrogen-bond donors (Lipinski definition) is 2. The molecule has 2 rings (SSSR count). The highest BCUT2D eigenvalue weighted by Crippen LogP contribution is 2.05. The predicted octanol–water partition coefficient (Wildman–Crippen LogP) is 1.73. The third kappa shape index (κ3) is 4.75. The van der Waals surface area contributed by atoms with Gasteiger partial charge in [0, 0.05) is 18.3 Å². The van der Waals surface area contributed by atoms with Gasteiger partial charge in [-0.3, -0.25) is 4.79 Å². The lowest BCUT2D eigenvalue weighted by Gasteiger charge is -2.08. The van der Waals surface area contributed by atoms with Gasteiger partial charge in [-0.25, -0.2) is 0 Å². The number of nitrogens with two attached hydrogens (primary N) is 1. The molecule has 4 nitrogen and oxygen atoms in total. The van der Waals surface area contributed by atoms with Crippen LogP contribution in [0.25, 0.3) is 0 Å². The first-order valence-electron chi connectivity index (χ1n) is 6.47. The van der Waals surface area contributed by atoms with E-state index in [9.17, 15) is 4.79 Å². The van der Waals surface area contributed by atoms with E-state index in [0.29, 0.717) is 11.3 Å². The molecule has 0 bridgehead atoms. The van der Waals surface area contributed by atoms with Crippen molar-refractivity contribution in [2.75, 3.05) is 32.4 Å². The van der Waals surface area contributed by atoms with Gasteiger partial charge < -0.3 is 16.0 Å². The molecule has 1 saturated heterocycles. The maximum Gasteiger partial charge on any atom is 0.251 e. The fraction of sp³-hybridized carbons (Fsp3) is 0.500. The van der Waals surface area contributed by atoms with Crippen LogP contribution in [0, 0.1) is 0 Å². The quantitative estimate of drug-likeness (QED) is 0.785. The Bertz CT molecular complexity index is 356. The highest BCUT2D eigenvalue weighted by molar-refractivity contribution is 5.94. The van der Waals surface area contributed by atoms with Crippen LogP contribution in [-0.4, -0.2) is 37.5 Å². The minimum atomic E-state index is -0.0926. The van der Waals surface area contributed by atoms with Crippen molar-refractivity contribution in [3.05, 3.63) is 29.8 Å². The van der Waals surface area contributed by atoms with Gasteiger partial charge in [-0.2, -0.15) is 0 Å². The van der Waals surface area contributed by atoms with Crippen LogP contribution < -0.4 is 11.1 Å². The number of nitrogens with zero attached hydrogens (tertiary/aromatic N) is 1. The number of amides is 1. The van der Waals surface area contributed by atoms with E-state index in [4.69, 9.17) is 5.73 Å². The molecular formula is C14H23N3O. The highest BCUT2D eigenvalue weighted by Gasteiger charge is 2.06. The molecule has 0 unspecified atom stereocenters. The zero-order chi connectivity index (χ0) is 13.4. The molecule has 1 amide bonds. The standard InChI is InChI=1S/C8H10N2O.C6H13N/c1-10-8(11)6-2-4-7(9)5-3-6;1-2-7-5-3-4-6-7/h2-5H,9H2,1H3,(H,10,11);2-6H2,1H3. The van der Waals surface area contributed by atoms with Crippen molar-refractivity contribution in [3.8, 4) is 0 Å². The summed E-state index contributed by atoms with van der Waals surface area (Å²) in [7, 11) is 1.60. The Hall–Kier alpha value is -1.55. The van der Waals surface area contributed by atoms with Gasteiger partial charge in [0.15, 0.2) is 0 Å². The highest BCUT2D eigenvalue weighted by atomic mass is 16.1. The molecule has 100 valence electrons. The summed E-state index contributed by atoms with van der Waals surface area (Å²) in [6, 6.07) is 6.78. The molecule has 1 aromatic rings. The average Bonchev–Trinajstić information content (AvgIpc) is 2.92. The maximum absolute atomic E-state index is 11.0. The topological polar surface area (TPSA) is 58.4 Å². The normalized spacial score (nSPS) is 14.8. The fourth-order valence-electron chi connectivity index (χ4n) is 1.88. The molecule has 1 aromatic carbocycles. The first-order valence-corrected chi connectivity index (χ1v) is 6.47. The van der Waals surface area contributed by atoms with Gasteiger partial charge in [-0.05, 0) is 56.7 Å². The van der Waals surface area contributed by atoms with Gasteiger partial charge in [0.1, 0.15) is 0 Å². The average molecular weight is 249 g/mol. The van der Waals surface area contributed by atoms with Gasteiger partial charge in [-0.15, -0.1) is 0 Å². The Labute approximate surface area is 109 Å². The summed E-state index contributed by atoms with van der Waals surface area (Å²) in [4.78, 5) is 13.5. The monoisotopic (exact) mass is 249 g/mol. The Morgan fingerprint density at radius 3 is 2.22 bits per heavy atom. The van der Waals surface area contributed by atoms with Crippen LogP contribution in [0.4, 0.5) is 5.69 Å². The number of carbonyl (C=O) groups excluding carboxylic acids is 1. The molecule has 1 heterocycles. The van der Waals surface area contributed by atoms with Crippen molar-refractivity contribution >= 4 is 11.6 Å². The van der Waals surface area contributed by atoms with Crippen LogP contribution in [0.1, 0.15) is 30.1 Å². The zero-order valence-corrected chi connectivity index (χ0v) is 11.3. The third-order valence-corrected chi connectivity index (χ3v) is 3.05. The summed E-state index contributed by atoms with van der Waals surface area (Å²) in [5.74, 6) is -0.0926. The minimum Gasteiger partial charge on any atom is -0.399 e. The smallest absolute Gasteiger partial charge is 0.251 e. The Balaban J connectivity index is 0.000000199. The maximum atomic E-state index is 11.0. The van der Waals surface area contributed by atoms with E-state index >= 15 is 0 Å². The molecule has 0 atom stereocenters. The molecule has 1 aliphatic rings. The lowest BCUT2D eigenvalue weighted by molar-refractivity contribution is 0.0963. The van der Waals surface area contributed by atoms with E-state index < -0.39 is 0 Å². The first-order chi connectivity index (χ1) is 8.67. The van der Waals surface area contributed by atoms with E-state index in [1.807, 2.05) is 0 Å². The van der Waals surface area contributed by atoms with Gasteiger partial charge in [0.2, 0.25) is 0 Å². The summed E-state index contributed by atoms with van der Waals surface area (Å²) in [5, 5.41) is 2.52. The molecule has 4 heteroatoms. The summed E-state index contributed by atoms with van der Waals surface area (Å²) in [6.07, 6.45) is 2.85.